The number of carbonyl (C=O) groups is 2. The molecule has 3 aliphatic rings. The molecule has 0 amide bonds. The molecule has 2 saturated carbocycles. The zero-order chi connectivity index (χ0) is 9.05. The van der Waals surface area contributed by atoms with E-state index in [0.717, 1.165) is 25.5 Å². The molecule has 2 fully saturated rings. The lowest BCUT2D eigenvalue weighted by atomic mass is 9.57. The molecule has 0 aromatic heterocycles. The normalized spacial score (nSPS) is 51.4. The minimum Gasteiger partial charge on any atom is -0.303 e. The molecule has 1 spiro atoms. The van der Waals surface area contributed by atoms with Crippen LogP contribution in [0.25, 0.3) is 0 Å². The van der Waals surface area contributed by atoms with E-state index in [-0.39, 0.29) is 17.1 Å². The summed E-state index contributed by atoms with van der Waals surface area (Å²) in [6.07, 6.45) is 7.82. The summed E-state index contributed by atoms with van der Waals surface area (Å²) in [6, 6.07) is 0. The number of rotatable bonds is 1. The van der Waals surface area contributed by atoms with Crippen molar-refractivity contribution in [3.05, 3.63) is 12.2 Å². The molecular formula is C11H12O2. The molecule has 0 aliphatic heterocycles. The molecule has 4 unspecified atom stereocenters. The van der Waals surface area contributed by atoms with Gasteiger partial charge >= 0.3 is 0 Å². The van der Waals surface area contributed by atoms with Gasteiger partial charge in [-0.25, -0.2) is 0 Å². The molecule has 3 rings (SSSR count). The Labute approximate surface area is 77.0 Å². The quantitative estimate of drug-likeness (QED) is 0.565. The fraction of sp³-hybridized carbons (Fsp3) is 0.636. The van der Waals surface area contributed by atoms with Gasteiger partial charge in [-0.15, -0.1) is 0 Å². The summed E-state index contributed by atoms with van der Waals surface area (Å²) >= 11 is 0. The van der Waals surface area contributed by atoms with E-state index in [1.54, 1.807) is 6.08 Å². The van der Waals surface area contributed by atoms with E-state index in [4.69, 9.17) is 0 Å². The number of allylic oxidation sites excluding steroid dienone is 2. The van der Waals surface area contributed by atoms with Gasteiger partial charge in [0.15, 0.2) is 5.78 Å². The SMILES string of the molecule is O=CC1CC2C=CC(=O)C23CCC13. The van der Waals surface area contributed by atoms with Crippen LogP contribution in [0, 0.1) is 23.2 Å². The van der Waals surface area contributed by atoms with Gasteiger partial charge in [-0.05, 0) is 37.2 Å². The first-order valence-corrected chi connectivity index (χ1v) is 4.97. The van der Waals surface area contributed by atoms with E-state index < -0.39 is 0 Å². The molecule has 2 nitrogen and oxygen atoms in total. The molecule has 4 atom stereocenters. The number of carbonyl (C=O) groups excluding carboxylic acids is 2. The first kappa shape index (κ1) is 7.48. The van der Waals surface area contributed by atoms with Gasteiger partial charge in [-0.2, -0.15) is 0 Å². The fourth-order valence-corrected chi connectivity index (χ4v) is 3.59. The molecule has 0 aromatic carbocycles. The summed E-state index contributed by atoms with van der Waals surface area (Å²) in [5, 5.41) is 0. The van der Waals surface area contributed by atoms with Crippen molar-refractivity contribution < 1.29 is 9.59 Å². The van der Waals surface area contributed by atoms with Crippen molar-refractivity contribution in [2.24, 2.45) is 23.2 Å². The lowest BCUT2D eigenvalue weighted by Gasteiger charge is -2.44. The first-order valence-electron chi connectivity index (χ1n) is 4.97. The Hall–Kier alpha value is -0.920. The third kappa shape index (κ3) is 0.630. The Morgan fingerprint density at radius 3 is 2.92 bits per heavy atom. The van der Waals surface area contributed by atoms with Crippen LogP contribution in [0.15, 0.2) is 12.2 Å². The third-order valence-electron chi connectivity index (χ3n) is 4.35. The molecule has 0 N–H and O–H groups in total. The summed E-state index contributed by atoms with van der Waals surface area (Å²) < 4.78 is 0. The van der Waals surface area contributed by atoms with Crippen LogP contribution in [-0.2, 0) is 9.59 Å². The Morgan fingerprint density at radius 2 is 2.38 bits per heavy atom. The highest BCUT2D eigenvalue weighted by Crippen LogP contribution is 2.65. The van der Waals surface area contributed by atoms with Crippen LogP contribution in [-0.4, -0.2) is 12.1 Å². The van der Waals surface area contributed by atoms with E-state index in [0.29, 0.717) is 11.8 Å². The maximum atomic E-state index is 11.7. The van der Waals surface area contributed by atoms with Crippen LogP contribution < -0.4 is 0 Å². The standard InChI is InChI=1S/C11H12O2/c12-6-7-5-8-1-2-10(13)11(8)4-3-9(7)11/h1-2,6-9H,3-5H2. The van der Waals surface area contributed by atoms with Crippen molar-refractivity contribution in [2.75, 3.05) is 0 Å². The minimum absolute atomic E-state index is 0.106. The fourth-order valence-electron chi connectivity index (χ4n) is 3.59. The van der Waals surface area contributed by atoms with Gasteiger partial charge in [0, 0.05) is 11.3 Å². The maximum Gasteiger partial charge on any atom is 0.162 e. The first-order chi connectivity index (χ1) is 6.29. The van der Waals surface area contributed by atoms with Crippen LogP contribution in [0.1, 0.15) is 19.3 Å². The molecule has 0 heterocycles. The average Bonchev–Trinajstić information content (AvgIpc) is 2.51. The molecule has 0 radical (unpaired) electrons. The van der Waals surface area contributed by atoms with E-state index in [9.17, 15) is 9.59 Å². The van der Waals surface area contributed by atoms with Crippen LogP contribution in [0.4, 0.5) is 0 Å². The minimum atomic E-state index is -0.106. The van der Waals surface area contributed by atoms with E-state index >= 15 is 0 Å². The molecule has 0 bridgehead atoms. The van der Waals surface area contributed by atoms with Crippen LogP contribution in [0.3, 0.4) is 0 Å². The second-order valence-electron chi connectivity index (χ2n) is 4.55. The lowest BCUT2D eigenvalue weighted by Crippen LogP contribution is -2.45. The molecule has 0 aromatic rings. The number of aldehydes is 1. The monoisotopic (exact) mass is 176 g/mol. The summed E-state index contributed by atoms with van der Waals surface area (Å²) in [5.74, 6) is 1.21. The molecule has 2 heteroatoms. The van der Waals surface area contributed by atoms with Crippen molar-refractivity contribution in [1.29, 1.82) is 0 Å². The van der Waals surface area contributed by atoms with Crippen LogP contribution in [0.2, 0.25) is 0 Å². The largest absolute Gasteiger partial charge is 0.303 e. The summed E-state index contributed by atoms with van der Waals surface area (Å²) in [6.45, 7) is 0. The van der Waals surface area contributed by atoms with Crippen molar-refractivity contribution in [3.8, 4) is 0 Å². The van der Waals surface area contributed by atoms with Crippen molar-refractivity contribution in [2.45, 2.75) is 19.3 Å². The van der Waals surface area contributed by atoms with Gasteiger partial charge < -0.3 is 4.79 Å². The van der Waals surface area contributed by atoms with Gasteiger partial charge in [0.2, 0.25) is 0 Å². The van der Waals surface area contributed by atoms with Gasteiger partial charge in [-0.3, -0.25) is 4.79 Å². The van der Waals surface area contributed by atoms with Crippen molar-refractivity contribution in [3.63, 3.8) is 0 Å². The molecule has 3 aliphatic carbocycles. The van der Waals surface area contributed by atoms with E-state index in [1.165, 1.54) is 0 Å². The van der Waals surface area contributed by atoms with Gasteiger partial charge in [-0.1, -0.05) is 6.08 Å². The topological polar surface area (TPSA) is 34.1 Å². The lowest BCUT2D eigenvalue weighted by molar-refractivity contribution is -0.134. The van der Waals surface area contributed by atoms with Crippen LogP contribution >= 0.6 is 0 Å². The highest BCUT2D eigenvalue weighted by atomic mass is 16.1. The molecular weight excluding hydrogens is 164 g/mol. The van der Waals surface area contributed by atoms with Gasteiger partial charge in [0.05, 0.1) is 0 Å². The zero-order valence-corrected chi connectivity index (χ0v) is 7.40. The summed E-state index contributed by atoms with van der Waals surface area (Å²) in [5.41, 5.74) is -0.106. The van der Waals surface area contributed by atoms with E-state index in [2.05, 4.69) is 0 Å². The van der Waals surface area contributed by atoms with Gasteiger partial charge in [0.25, 0.3) is 0 Å². The Bertz CT molecular complexity index is 318. The second-order valence-corrected chi connectivity index (χ2v) is 4.55. The summed E-state index contributed by atoms with van der Waals surface area (Å²) in [4.78, 5) is 22.5. The van der Waals surface area contributed by atoms with E-state index in [1.807, 2.05) is 6.08 Å². The Morgan fingerprint density at radius 1 is 1.54 bits per heavy atom. The van der Waals surface area contributed by atoms with Gasteiger partial charge in [0.1, 0.15) is 6.29 Å². The number of hydrogen-bond donors (Lipinski definition) is 0. The average molecular weight is 176 g/mol. The number of ketones is 1. The smallest absolute Gasteiger partial charge is 0.162 e. The predicted molar refractivity (Wildman–Crippen MR) is 47.0 cm³/mol. The number of hydrogen-bond acceptors (Lipinski definition) is 2. The molecule has 0 saturated heterocycles. The maximum absolute atomic E-state index is 11.7. The van der Waals surface area contributed by atoms with Crippen molar-refractivity contribution >= 4 is 12.1 Å². The molecule has 13 heavy (non-hydrogen) atoms. The van der Waals surface area contributed by atoms with Crippen LogP contribution in [0.5, 0.6) is 0 Å². The highest BCUT2D eigenvalue weighted by molar-refractivity contribution is 5.99. The highest BCUT2D eigenvalue weighted by Gasteiger charge is 2.64. The summed E-state index contributed by atoms with van der Waals surface area (Å²) in [7, 11) is 0. The zero-order valence-electron chi connectivity index (χ0n) is 7.40. The Kier molecular flexibility index (Phi) is 1.22. The predicted octanol–water partition coefficient (Wildman–Crippen LogP) is 1.36. The van der Waals surface area contributed by atoms with Crippen molar-refractivity contribution in [1.82, 2.24) is 0 Å². The third-order valence-corrected chi connectivity index (χ3v) is 4.35. The molecule has 68 valence electrons. The second kappa shape index (κ2) is 2.11. The Balaban J connectivity index is 2.03.